The van der Waals surface area contributed by atoms with Gasteiger partial charge in [-0.3, -0.25) is 4.79 Å². The predicted molar refractivity (Wildman–Crippen MR) is 98.4 cm³/mol. The molecule has 0 bridgehead atoms. The van der Waals surface area contributed by atoms with Crippen LogP contribution >= 0.6 is 11.6 Å². The SMILES string of the molecule is NC(=O)C[C@H](c1ccc(Cl)cc1)c1ccc(C2CCCNC2)cc1. The van der Waals surface area contributed by atoms with Gasteiger partial charge in [0.15, 0.2) is 0 Å². The quantitative estimate of drug-likeness (QED) is 0.868. The summed E-state index contributed by atoms with van der Waals surface area (Å²) >= 11 is 5.98. The third-order valence-corrected chi connectivity index (χ3v) is 5.04. The van der Waals surface area contributed by atoms with Crippen LogP contribution in [0.2, 0.25) is 5.02 Å². The van der Waals surface area contributed by atoms with E-state index < -0.39 is 0 Å². The van der Waals surface area contributed by atoms with E-state index in [9.17, 15) is 4.79 Å². The van der Waals surface area contributed by atoms with E-state index in [0.29, 0.717) is 17.4 Å². The molecule has 1 aliphatic rings. The van der Waals surface area contributed by atoms with Gasteiger partial charge in [0, 0.05) is 23.9 Å². The molecule has 3 nitrogen and oxygen atoms in total. The van der Waals surface area contributed by atoms with Crippen LogP contribution in [0.1, 0.15) is 47.8 Å². The van der Waals surface area contributed by atoms with Crippen LogP contribution < -0.4 is 11.1 Å². The molecule has 1 saturated heterocycles. The number of hydrogen-bond donors (Lipinski definition) is 2. The molecule has 0 aromatic heterocycles. The summed E-state index contributed by atoms with van der Waals surface area (Å²) in [4.78, 5) is 11.5. The smallest absolute Gasteiger partial charge is 0.218 e. The highest BCUT2D eigenvalue weighted by atomic mass is 35.5. The number of benzene rings is 2. The van der Waals surface area contributed by atoms with Crippen molar-refractivity contribution in [3.63, 3.8) is 0 Å². The van der Waals surface area contributed by atoms with Crippen LogP contribution in [0.5, 0.6) is 0 Å². The first kappa shape index (κ1) is 17.0. The molecule has 1 aliphatic heterocycles. The molecule has 2 atom stereocenters. The van der Waals surface area contributed by atoms with Gasteiger partial charge in [0.2, 0.25) is 5.91 Å². The lowest BCUT2D eigenvalue weighted by molar-refractivity contribution is -0.118. The zero-order valence-electron chi connectivity index (χ0n) is 13.7. The highest BCUT2D eigenvalue weighted by molar-refractivity contribution is 6.30. The molecule has 0 spiro atoms. The van der Waals surface area contributed by atoms with Crippen molar-refractivity contribution < 1.29 is 4.79 Å². The molecule has 3 rings (SSSR count). The highest BCUT2D eigenvalue weighted by Crippen LogP contribution is 2.31. The van der Waals surface area contributed by atoms with Crippen LogP contribution in [0.3, 0.4) is 0 Å². The number of rotatable bonds is 5. The predicted octanol–water partition coefficient (Wildman–Crippen LogP) is 3.81. The first-order valence-corrected chi connectivity index (χ1v) is 8.85. The van der Waals surface area contributed by atoms with Crippen LogP contribution in [0.4, 0.5) is 0 Å². The minimum Gasteiger partial charge on any atom is -0.370 e. The van der Waals surface area contributed by atoms with Crippen LogP contribution in [-0.2, 0) is 4.79 Å². The van der Waals surface area contributed by atoms with Crippen molar-refractivity contribution in [2.24, 2.45) is 5.73 Å². The number of halogens is 1. The second-order valence-corrected chi connectivity index (χ2v) is 6.92. The Morgan fingerprint density at radius 1 is 1.12 bits per heavy atom. The Morgan fingerprint density at radius 3 is 2.29 bits per heavy atom. The Kier molecular flexibility index (Phi) is 5.54. The maximum atomic E-state index is 11.5. The maximum absolute atomic E-state index is 11.5. The van der Waals surface area contributed by atoms with Gasteiger partial charge in [0.05, 0.1) is 0 Å². The van der Waals surface area contributed by atoms with E-state index in [-0.39, 0.29) is 11.8 Å². The number of amides is 1. The van der Waals surface area contributed by atoms with Gasteiger partial charge in [0.1, 0.15) is 0 Å². The summed E-state index contributed by atoms with van der Waals surface area (Å²) in [6.07, 6.45) is 2.75. The van der Waals surface area contributed by atoms with Crippen molar-refractivity contribution in [3.05, 3.63) is 70.2 Å². The average molecular weight is 343 g/mol. The lowest BCUT2D eigenvalue weighted by Gasteiger charge is -2.24. The standard InChI is InChI=1S/C20H23ClN2O/c21-18-9-7-16(8-10-18)19(12-20(22)24)15-5-3-14(4-6-15)17-2-1-11-23-13-17/h3-10,17,19,23H,1-2,11-13H2,(H2,22,24)/t17?,19-/m0/s1. The van der Waals surface area contributed by atoms with E-state index >= 15 is 0 Å². The second-order valence-electron chi connectivity index (χ2n) is 6.48. The van der Waals surface area contributed by atoms with Crippen LogP contribution in [0.25, 0.3) is 0 Å². The largest absolute Gasteiger partial charge is 0.370 e. The van der Waals surface area contributed by atoms with Gasteiger partial charge in [-0.25, -0.2) is 0 Å². The number of nitrogens with two attached hydrogens (primary N) is 1. The monoisotopic (exact) mass is 342 g/mol. The fourth-order valence-electron chi connectivity index (χ4n) is 3.46. The fourth-order valence-corrected chi connectivity index (χ4v) is 3.59. The van der Waals surface area contributed by atoms with Gasteiger partial charge < -0.3 is 11.1 Å². The molecular weight excluding hydrogens is 320 g/mol. The first-order chi connectivity index (χ1) is 11.6. The zero-order chi connectivity index (χ0) is 16.9. The molecule has 4 heteroatoms. The molecule has 0 radical (unpaired) electrons. The molecule has 2 aromatic carbocycles. The molecule has 2 aromatic rings. The zero-order valence-corrected chi connectivity index (χ0v) is 14.4. The average Bonchev–Trinajstić information content (AvgIpc) is 2.61. The summed E-state index contributed by atoms with van der Waals surface area (Å²) in [6, 6.07) is 16.3. The number of primary amides is 1. The first-order valence-electron chi connectivity index (χ1n) is 8.48. The summed E-state index contributed by atoms with van der Waals surface area (Å²) in [5, 5.41) is 4.15. The van der Waals surface area contributed by atoms with E-state index in [4.69, 9.17) is 17.3 Å². The summed E-state index contributed by atoms with van der Waals surface area (Å²) < 4.78 is 0. The Labute approximate surface area is 148 Å². The van der Waals surface area contributed by atoms with Crippen molar-refractivity contribution in [1.82, 2.24) is 5.32 Å². The highest BCUT2D eigenvalue weighted by Gasteiger charge is 2.19. The van der Waals surface area contributed by atoms with Crippen molar-refractivity contribution in [2.75, 3.05) is 13.1 Å². The summed E-state index contributed by atoms with van der Waals surface area (Å²) in [5.74, 6) is 0.256. The van der Waals surface area contributed by atoms with Gasteiger partial charge >= 0.3 is 0 Å². The number of piperidine rings is 1. The molecule has 0 saturated carbocycles. The Bertz CT molecular complexity index is 676. The van der Waals surface area contributed by atoms with E-state index in [1.54, 1.807) is 0 Å². The normalized spacial score (nSPS) is 19.0. The Morgan fingerprint density at radius 2 is 1.75 bits per heavy atom. The van der Waals surface area contributed by atoms with Crippen LogP contribution in [-0.4, -0.2) is 19.0 Å². The van der Waals surface area contributed by atoms with E-state index in [1.807, 2.05) is 24.3 Å². The van der Waals surface area contributed by atoms with E-state index in [1.165, 1.54) is 18.4 Å². The van der Waals surface area contributed by atoms with Crippen molar-refractivity contribution in [2.45, 2.75) is 31.1 Å². The van der Waals surface area contributed by atoms with Gasteiger partial charge in [-0.15, -0.1) is 0 Å². The molecule has 1 unspecified atom stereocenters. The summed E-state index contributed by atoms with van der Waals surface area (Å²) in [5.41, 5.74) is 9.01. The fraction of sp³-hybridized carbons (Fsp3) is 0.350. The Balaban J connectivity index is 1.84. The molecule has 0 aliphatic carbocycles. The van der Waals surface area contributed by atoms with Gasteiger partial charge in [0.25, 0.3) is 0 Å². The van der Waals surface area contributed by atoms with Crippen LogP contribution in [0.15, 0.2) is 48.5 Å². The third kappa shape index (κ3) is 4.16. The lowest BCUT2D eigenvalue weighted by Crippen LogP contribution is -2.28. The maximum Gasteiger partial charge on any atom is 0.218 e. The minimum atomic E-state index is -0.296. The summed E-state index contributed by atoms with van der Waals surface area (Å²) in [6.45, 7) is 2.16. The van der Waals surface area contributed by atoms with Gasteiger partial charge in [-0.2, -0.15) is 0 Å². The van der Waals surface area contributed by atoms with Crippen molar-refractivity contribution >= 4 is 17.5 Å². The topological polar surface area (TPSA) is 55.1 Å². The molecule has 3 N–H and O–H groups in total. The molecule has 1 heterocycles. The van der Waals surface area contributed by atoms with Gasteiger partial charge in [-0.1, -0.05) is 48.0 Å². The number of carbonyl (C=O) groups excluding carboxylic acids is 1. The van der Waals surface area contributed by atoms with Gasteiger partial charge in [-0.05, 0) is 54.1 Å². The molecule has 1 amide bonds. The second kappa shape index (κ2) is 7.82. The van der Waals surface area contributed by atoms with Crippen molar-refractivity contribution in [3.8, 4) is 0 Å². The number of hydrogen-bond acceptors (Lipinski definition) is 2. The lowest BCUT2D eigenvalue weighted by atomic mass is 9.85. The molecule has 1 fully saturated rings. The minimum absolute atomic E-state index is 0.0294. The number of carbonyl (C=O) groups is 1. The molecular formula is C20H23ClN2O. The summed E-state index contributed by atoms with van der Waals surface area (Å²) in [7, 11) is 0. The third-order valence-electron chi connectivity index (χ3n) is 4.78. The molecule has 24 heavy (non-hydrogen) atoms. The van der Waals surface area contributed by atoms with Crippen molar-refractivity contribution in [1.29, 1.82) is 0 Å². The molecule has 126 valence electrons. The number of nitrogens with one attached hydrogen (secondary N) is 1. The van der Waals surface area contributed by atoms with E-state index in [0.717, 1.165) is 24.2 Å². The van der Waals surface area contributed by atoms with Crippen LogP contribution in [0, 0.1) is 0 Å². The van der Waals surface area contributed by atoms with E-state index in [2.05, 4.69) is 29.6 Å². The Hall–Kier alpha value is -1.84.